The monoisotopic (exact) mass is 254 g/mol. The maximum absolute atomic E-state index is 8.91. The van der Waals surface area contributed by atoms with Crippen molar-refractivity contribution in [1.29, 1.82) is 5.26 Å². The van der Waals surface area contributed by atoms with Gasteiger partial charge in [-0.25, -0.2) is 0 Å². The Balaban J connectivity index is 2.15. The lowest BCUT2D eigenvalue weighted by atomic mass is 10.1. The van der Waals surface area contributed by atoms with Crippen LogP contribution in [0.3, 0.4) is 0 Å². The highest BCUT2D eigenvalue weighted by Crippen LogP contribution is 2.17. The topological polar surface area (TPSA) is 53.6 Å². The lowest BCUT2D eigenvalue weighted by Gasteiger charge is -2.08. The van der Waals surface area contributed by atoms with Gasteiger partial charge in [-0.2, -0.15) is 10.4 Å². The van der Waals surface area contributed by atoms with Gasteiger partial charge in [-0.3, -0.25) is 4.68 Å². The van der Waals surface area contributed by atoms with Crippen molar-refractivity contribution in [1.82, 2.24) is 9.78 Å². The highest BCUT2D eigenvalue weighted by atomic mass is 15.3. The molecule has 1 N–H and O–H groups in total. The van der Waals surface area contributed by atoms with E-state index in [-0.39, 0.29) is 0 Å². The first-order chi connectivity index (χ1) is 9.02. The summed E-state index contributed by atoms with van der Waals surface area (Å²) >= 11 is 0. The SMILES string of the molecule is Cc1cc(NCc2c(C)nn(C)c2C)ccc1C#N. The quantitative estimate of drug-likeness (QED) is 0.916. The fourth-order valence-corrected chi connectivity index (χ4v) is 2.16. The molecule has 0 atom stereocenters. The van der Waals surface area contributed by atoms with Gasteiger partial charge in [0.2, 0.25) is 0 Å². The first-order valence-corrected chi connectivity index (χ1v) is 6.26. The Morgan fingerprint density at radius 2 is 2.05 bits per heavy atom. The predicted molar refractivity (Wildman–Crippen MR) is 75.9 cm³/mol. The Labute approximate surface area is 113 Å². The van der Waals surface area contributed by atoms with Gasteiger partial charge in [0.25, 0.3) is 0 Å². The van der Waals surface area contributed by atoms with E-state index < -0.39 is 0 Å². The zero-order valence-electron chi connectivity index (χ0n) is 11.8. The fraction of sp³-hybridized carbons (Fsp3) is 0.333. The van der Waals surface area contributed by atoms with Gasteiger partial charge in [0.05, 0.1) is 17.3 Å². The van der Waals surface area contributed by atoms with Crippen molar-refractivity contribution in [2.45, 2.75) is 27.3 Å². The van der Waals surface area contributed by atoms with E-state index in [9.17, 15) is 0 Å². The average Bonchev–Trinajstić information content (AvgIpc) is 2.61. The number of hydrogen-bond donors (Lipinski definition) is 1. The zero-order chi connectivity index (χ0) is 14.0. The number of nitrogens with one attached hydrogen (secondary N) is 1. The molecular formula is C15H18N4. The van der Waals surface area contributed by atoms with E-state index in [1.165, 1.54) is 11.3 Å². The van der Waals surface area contributed by atoms with E-state index in [0.29, 0.717) is 0 Å². The highest BCUT2D eigenvalue weighted by Gasteiger charge is 2.08. The number of anilines is 1. The molecule has 98 valence electrons. The summed E-state index contributed by atoms with van der Waals surface area (Å²) in [6.07, 6.45) is 0. The van der Waals surface area contributed by atoms with Crippen LogP contribution >= 0.6 is 0 Å². The summed E-state index contributed by atoms with van der Waals surface area (Å²) in [5, 5.41) is 16.7. The summed E-state index contributed by atoms with van der Waals surface area (Å²) in [6, 6.07) is 7.96. The Morgan fingerprint density at radius 1 is 1.32 bits per heavy atom. The minimum atomic E-state index is 0.722. The van der Waals surface area contributed by atoms with Crippen molar-refractivity contribution >= 4 is 5.69 Å². The molecule has 1 aromatic heterocycles. The van der Waals surface area contributed by atoms with Gasteiger partial charge in [-0.05, 0) is 44.5 Å². The molecule has 0 fully saturated rings. The van der Waals surface area contributed by atoms with Crippen LogP contribution < -0.4 is 5.32 Å². The second-order valence-corrected chi connectivity index (χ2v) is 4.77. The summed E-state index contributed by atoms with van der Waals surface area (Å²) < 4.78 is 1.90. The minimum absolute atomic E-state index is 0.722. The van der Waals surface area contributed by atoms with Crippen LogP contribution in [-0.2, 0) is 13.6 Å². The van der Waals surface area contributed by atoms with Gasteiger partial charge in [0.1, 0.15) is 0 Å². The van der Waals surface area contributed by atoms with Crippen LogP contribution in [0.15, 0.2) is 18.2 Å². The number of hydrogen-bond acceptors (Lipinski definition) is 3. The molecule has 0 spiro atoms. The van der Waals surface area contributed by atoms with Gasteiger partial charge < -0.3 is 5.32 Å². The molecule has 0 radical (unpaired) electrons. The largest absolute Gasteiger partial charge is 0.381 e. The lowest BCUT2D eigenvalue weighted by molar-refractivity contribution is 0.730. The van der Waals surface area contributed by atoms with E-state index in [1.807, 2.05) is 43.8 Å². The molecule has 2 aromatic rings. The summed E-state index contributed by atoms with van der Waals surface area (Å²) in [4.78, 5) is 0. The van der Waals surface area contributed by atoms with Crippen LogP contribution in [0.4, 0.5) is 5.69 Å². The molecule has 19 heavy (non-hydrogen) atoms. The van der Waals surface area contributed by atoms with Crippen LogP contribution in [0.25, 0.3) is 0 Å². The van der Waals surface area contributed by atoms with Crippen LogP contribution in [0.1, 0.15) is 28.1 Å². The number of rotatable bonds is 3. The van der Waals surface area contributed by atoms with E-state index >= 15 is 0 Å². The Kier molecular flexibility index (Phi) is 3.57. The number of nitriles is 1. The van der Waals surface area contributed by atoms with Crippen molar-refractivity contribution in [2.75, 3.05) is 5.32 Å². The fourth-order valence-electron chi connectivity index (χ4n) is 2.16. The summed E-state index contributed by atoms with van der Waals surface area (Å²) in [5.41, 5.74) is 6.20. The number of aromatic nitrogens is 2. The molecule has 1 aromatic carbocycles. The van der Waals surface area contributed by atoms with Gasteiger partial charge >= 0.3 is 0 Å². The zero-order valence-corrected chi connectivity index (χ0v) is 11.8. The Bertz CT molecular complexity index is 647. The molecular weight excluding hydrogens is 236 g/mol. The lowest BCUT2D eigenvalue weighted by Crippen LogP contribution is -2.02. The first kappa shape index (κ1) is 13.2. The standard InChI is InChI=1S/C15H18N4/c1-10-7-14(6-5-13(10)8-16)17-9-15-11(2)18-19(4)12(15)3/h5-7,17H,9H2,1-4H3. The van der Waals surface area contributed by atoms with E-state index in [4.69, 9.17) is 5.26 Å². The van der Waals surface area contributed by atoms with Crippen LogP contribution in [0.2, 0.25) is 0 Å². The maximum atomic E-state index is 8.91. The normalized spacial score (nSPS) is 10.3. The Hall–Kier alpha value is -2.28. The maximum Gasteiger partial charge on any atom is 0.0994 e. The molecule has 2 rings (SSSR count). The molecule has 0 amide bonds. The van der Waals surface area contributed by atoms with E-state index in [0.717, 1.165) is 29.1 Å². The molecule has 0 bridgehead atoms. The Morgan fingerprint density at radius 3 is 2.58 bits per heavy atom. The van der Waals surface area contributed by atoms with Crippen molar-refractivity contribution in [2.24, 2.45) is 7.05 Å². The number of nitrogens with zero attached hydrogens (tertiary/aromatic N) is 3. The number of aryl methyl sites for hydroxylation is 3. The van der Waals surface area contributed by atoms with Gasteiger partial charge in [-0.1, -0.05) is 0 Å². The molecule has 0 saturated heterocycles. The van der Waals surface area contributed by atoms with Gasteiger partial charge in [0.15, 0.2) is 0 Å². The predicted octanol–water partition coefficient (Wildman–Crippen LogP) is 2.83. The molecule has 0 unspecified atom stereocenters. The smallest absolute Gasteiger partial charge is 0.0994 e. The van der Waals surface area contributed by atoms with Crippen molar-refractivity contribution in [3.63, 3.8) is 0 Å². The van der Waals surface area contributed by atoms with Crippen molar-refractivity contribution < 1.29 is 0 Å². The van der Waals surface area contributed by atoms with Crippen LogP contribution in [0.5, 0.6) is 0 Å². The molecule has 0 aliphatic heterocycles. The molecule has 1 heterocycles. The third kappa shape index (κ3) is 2.60. The van der Waals surface area contributed by atoms with Crippen molar-refractivity contribution in [3.8, 4) is 6.07 Å². The first-order valence-electron chi connectivity index (χ1n) is 6.26. The van der Waals surface area contributed by atoms with Crippen LogP contribution in [-0.4, -0.2) is 9.78 Å². The minimum Gasteiger partial charge on any atom is -0.381 e. The summed E-state index contributed by atoms with van der Waals surface area (Å²) in [5.74, 6) is 0. The number of benzene rings is 1. The summed E-state index contributed by atoms with van der Waals surface area (Å²) in [6.45, 7) is 6.79. The van der Waals surface area contributed by atoms with E-state index in [1.54, 1.807) is 0 Å². The third-order valence-electron chi connectivity index (χ3n) is 3.48. The third-order valence-corrected chi connectivity index (χ3v) is 3.48. The molecule has 4 nitrogen and oxygen atoms in total. The highest BCUT2D eigenvalue weighted by molar-refractivity contribution is 5.52. The summed E-state index contributed by atoms with van der Waals surface area (Å²) in [7, 11) is 1.96. The van der Waals surface area contributed by atoms with Gasteiger partial charge in [-0.15, -0.1) is 0 Å². The van der Waals surface area contributed by atoms with Crippen LogP contribution in [0, 0.1) is 32.1 Å². The molecule has 0 aliphatic rings. The van der Waals surface area contributed by atoms with E-state index in [2.05, 4.69) is 23.4 Å². The second kappa shape index (κ2) is 5.15. The second-order valence-electron chi connectivity index (χ2n) is 4.77. The molecule has 0 aliphatic carbocycles. The van der Waals surface area contributed by atoms with Gasteiger partial charge in [0, 0.05) is 30.5 Å². The van der Waals surface area contributed by atoms with Crippen molar-refractivity contribution in [3.05, 3.63) is 46.3 Å². The molecule has 4 heteroatoms. The molecule has 0 saturated carbocycles. The average molecular weight is 254 g/mol.